The van der Waals surface area contributed by atoms with Crippen molar-refractivity contribution in [2.24, 2.45) is 0 Å². The first-order valence-electron chi connectivity index (χ1n) is 5.40. The van der Waals surface area contributed by atoms with Crippen molar-refractivity contribution in [1.82, 2.24) is 5.32 Å². The minimum absolute atomic E-state index is 0.0627. The van der Waals surface area contributed by atoms with E-state index in [0.29, 0.717) is 0 Å². The Bertz CT molecular complexity index is 366. The van der Waals surface area contributed by atoms with Crippen LogP contribution in [0.4, 0.5) is 0 Å². The number of aliphatic hydroxyl groups is 2. The van der Waals surface area contributed by atoms with Gasteiger partial charge < -0.3 is 10.2 Å². The second-order valence-electron chi connectivity index (χ2n) is 4.42. The van der Waals surface area contributed by atoms with Gasteiger partial charge in [0.05, 0.1) is 18.8 Å². The van der Waals surface area contributed by atoms with E-state index in [4.69, 9.17) is 0 Å². The van der Waals surface area contributed by atoms with E-state index < -0.39 is 5.54 Å². The molecule has 1 unspecified atom stereocenters. The second kappa shape index (κ2) is 4.75. The van der Waals surface area contributed by atoms with Crippen molar-refractivity contribution >= 4 is 11.8 Å². The lowest BCUT2D eigenvalue weighted by atomic mass is 10.0. The van der Waals surface area contributed by atoms with Gasteiger partial charge in [-0.1, -0.05) is 18.2 Å². The predicted octanol–water partition coefficient (Wildman–Crippen LogP) is 1.17. The van der Waals surface area contributed by atoms with Crippen LogP contribution in [0.5, 0.6) is 0 Å². The third kappa shape index (κ3) is 2.25. The van der Waals surface area contributed by atoms with Gasteiger partial charge in [-0.2, -0.15) is 0 Å². The maximum atomic E-state index is 9.26. The second-order valence-corrected chi connectivity index (χ2v) is 5.48. The summed E-state index contributed by atoms with van der Waals surface area (Å²) >= 11 is 1.81. The summed E-state index contributed by atoms with van der Waals surface area (Å²) in [7, 11) is 0. The molecular formula is C12H17NO2S. The van der Waals surface area contributed by atoms with Gasteiger partial charge in [0.1, 0.15) is 0 Å². The van der Waals surface area contributed by atoms with Crippen LogP contribution in [0.25, 0.3) is 0 Å². The smallest absolute Gasteiger partial charge is 0.0633 e. The Balaban J connectivity index is 2.14. The van der Waals surface area contributed by atoms with E-state index in [2.05, 4.69) is 17.4 Å². The van der Waals surface area contributed by atoms with Crippen LogP contribution in [0.1, 0.15) is 18.5 Å². The number of benzene rings is 1. The maximum Gasteiger partial charge on any atom is 0.0633 e. The average molecular weight is 239 g/mol. The molecule has 0 saturated carbocycles. The van der Waals surface area contributed by atoms with E-state index in [1.807, 2.05) is 30.8 Å². The summed E-state index contributed by atoms with van der Waals surface area (Å²) in [5, 5.41) is 21.9. The molecule has 0 amide bonds. The highest BCUT2D eigenvalue weighted by molar-refractivity contribution is 7.99. The van der Waals surface area contributed by atoms with Crippen LogP contribution in [-0.2, 0) is 0 Å². The molecule has 4 heteroatoms. The first-order chi connectivity index (χ1) is 7.68. The zero-order valence-electron chi connectivity index (χ0n) is 9.31. The van der Waals surface area contributed by atoms with E-state index in [1.165, 1.54) is 10.5 Å². The van der Waals surface area contributed by atoms with E-state index >= 15 is 0 Å². The number of aliphatic hydroxyl groups excluding tert-OH is 2. The third-order valence-electron chi connectivity index (χ3n) is 2.92. The summed E-state index contributed by atoms with van der Waals surface area (Å²) in [5.74, 6) is 0.953. The Kier molecular flexibility index (Phi) is 3.54. The van der Waals surface area contributed by atoms with Gasteiger partial charge in [-0.05, 0) is 18.6 Å². The lowest BCUT2D eigenvalue weighted by Gasteiger charge is -2.30. The Labute approximate surface area is 99.9 Å². The van der Waals surface area contributed by atoms with Crippen molar-refractivity contribution in [3.8, 4) is 0 Å². The number of hydrogen-bond acceptors (Lipinski definition) is 4. The molecule has 3 nitrogen and oxygen atoms in total. The molecule has 1 aromatic rings. The van der Waals surface area contributed by atoms with Crippen LogP contribution in [-0.4, -0.2) is 34.7 Å². The van der Waals surface area contributed by atoms with Crippen molar-refractivity contribution in [2.45, 2.75) is 23.4 Å². The summed E-state index contributed by atoms with van der Waals surface area (Å²) < 4.78 is 0. The molecule has 0 saturated heterocycles. The molecule has 1 atom stereocenters. The van der Waals surface area contributed by atoms with E-state index in [9.17, 15) is 10.2 Å². The number of rotatable bonds is 4. The highest BCUT2D eigenvalue weighted by Gasteiger charge is 2.30. The van der Waals surface area contributed by atoms with Gasteiger partial charge in [-0.3, -0.25) is 5.32 Å². The topological polar surface area (TPSA) is 52.5 Å². The fourth-order valence-electron chi connectivity index (χ4n) is 1.84. The van der Waals surface area contributed by atoms with Gasteiger partial charge in [0.15, 0.2) is 0 Å². The van der Waals surface area contributed by atoms with Gasteiger partial charge >= 0.3 is 0 Å². The maximum absolute atomic E-state index is 9.26. The lowest BCUT2D eigenvalue weighted by Crippen LogP contribution is -2.50. The van der Waals surface area contributed by atoms with E-state index in [-0.39, 0.29) is 19.3 Å². The van der Waals surface area contributed by atoms with Crippen molar-refractivity contribution < 1.29 is 10.2 Å². The molecule has 1 aromatic carbocycles. The Hall–Kier alpha value is -0.550. The lowest BCUT2D eigenvalue weighted by molar-refractivity contribution is 0.0963. The zero-order valence-corrected chi connectivity index (χ0v) is 10.1. The minimum atomic E-state index is -0.608. The van der Waals surface area contributed by atoms with Gasteiger partial charge in [0.2, 0.25) is 0 Å². The molecule has 16 heavy (non-hydrogen) atoms. The first kappa shape index (κ1) is 11.9. The first-order valence-corrected chi connectivity index (χ1v) is 6.38. The van der Waals surface area contributed by atoms with Crippen LogP contribution >= 0.6 is 11.8 Å². The molecule has 0 aromatic heterocycles. The minimum Gasteiger partial charge on any atom is -0.394 e. The third-order valence-corrected chi connectivity index (χ3v) is 4.10. The highest BCUT2D eigenvalue weighted by atomic mass is 32.2. The average Bonchev–Trinajstić information content (AvgIpc) is 2.73. The summed E-state index contributed by atoms with van der Waals surface area (Å²) in [6.07, 6.45) is 0. The Morgan fingerprint density at radius 3 is 2.75 bits per heavy atom. The number of nitrogens with one attached hydrogen (secondary N) is 1. The standard InChI is InChI=1S/C12H17NO2S/c1-12(7-14,8-15)13-10-6-16-11-5-3-2-4-9(10)11/h2-5,10,13-15H,6-8H2,1H3. The van der Waals surface area contributed by atoms with E-state index in [1.54, 1.807) is 0 Å². The molecular weight excluding hydrogens is 222 g/mol. The largest absolute Gasteiger partial charge is 0.394 e. The molecule has 3 N–H and O–H groups in total. The van der Waals surface area contributed by atoms with Gasteiger partial charge in [-0.25, -0.2) is 0 Å². The van der Waals surface area contributed by atoms with Gasteiger partial charge in [0, 0.05) is 16.7 Å². The van der Waals surface area contributed by atoms with Crippen molar-refractivity contribution in [2.75, 3.05) is 19.0 Å². The molecule has 2 rings (SSSR count). The summed E-state index contributed by atoms with van der Waals surface area (Å²) in [6, 6.07) is 8.48. The molecule has 0 aliphatic carbocycles. The molecule has 0 spiro atoms. The van der Waals surface area contributed by atoms with Crippen LogP contribution in [0.2, 0.25) is 0 Å². The summed E-state index contributed by atoms with van der Waals surface area (Å²) in [4.78, 5) is 1.29. The summed E-state index contributed by atoms with van der Waals surface area (Å²) in [5.41, 5.74) is 0.656. The monoisotopic (exact) mass is 239 g/mol. The Morgan fingerprint density at radius 1 is 1.38 bits per heavy atom. The molecule has 1 aliphatic rings. The number of thioether (sulfide) groups is 1. The molecule has 88 valence electrons. The SMILES string of the molecule is CC(CO)(CO)NC1CSc2ccccc21. The Morgan fingerprint density at radius 2 is 2.06 bits per heavy atom. The molecule has 0 fully saturated rings. The zero-order chi connectivity index (χ0) is 11.6. The predicted molar refractivity (Wildman–Crippen MR) is 65.6 cm³/mol. The molecule has 1 heterocycles. The summed E-state index contributed by atoms with van der Waals surface area (Å²) in [6.45, 7) is 1.71. The van der Waals surface area contributed by atoms with Crippen molar-refractivity contribution in [3.05, 3.63) is 29.8 Å². The molecule has 0 bridgehead atoms. The van der Waals surface area contributed by atoms with Gasteiger partial charge in [-0.15, -0.1) is 11.8 Å². The van der Waals surface area contributed by atoms with Crippen LogP contribution in [0.3, 0.4) is 0 Å². The van der Waals surface area contributed by atoms with Crippen LogP contribution in [0, 0.1) is 0 Å². The number of hydrogen-bond donors (Lipinski definition) is 3. The number of fused-ring (bicyclic) bond motifs is 1. The van der Waals surface area contributed by atoms with Crippen molar-refractivity contribution in [3.63, 3.8) is 0 Å². The highest BCUT2D eigenvalue weighted by Crippen LogP contribution is 2.38. The van der Waals surface area contributed by atoms with Crippen LogP contribution < -0.4 is 5.32 Å². The quantitative estimate of drug-likeness (QED) is 0.738. The van der Waals surface area contributed by atoms with Crippen LogP contribution in [0.15, 0.2) is 29.2 Å². The van der Waals surface area contributed by atoms with Gasteiger partial charge in [0.25, 0.3) is 0 Å². The molecule has 1 aliphatic heterocycles. The van der Waals surface area contributed by atoms with Crippen molar-refractivity contribution in [1.29, 1.82) is 0 Å². The fraction of sp³-hybridized carbons (Fsp3) is 0.500. The fourth-order valence-corrected chi connectivity index (χ4v) is 3.00. The normalized spacial score (nSPS) is 19.8. The molecule has 0 radical (unpaired) electrons. The van der Waals surface area contributed by atoms with E-state index in [0.717, 1.165) is 5.75 Å².